The van der Waals surface area contributed by atoms with Crippen LogP contribution in [0.4, 0.5) is 4.79 Å². The topological polar surface area (TPSA) is 104 Å². The van der Waals surface area contributed by atoms with Crippen LogP contribution in [0.15, 0.2) is 29.2 Å². The van der Waals surface area contributed by atoms with Crippen molar-refractivity contribution in [1.82, 2.24) is 10.2 Å². The summed E-state index contributed by atoms with van der Waals surface area (Å²) in [6, 6.07) is 4.92. The molecule has 20 heavy (non-hydrogen) atoms. The first-order valence-electron chi connectivity index (χ1n) is 5.99. The monoisotopic (exact) mass is 298 g/mol. The van der Waals surface area contributed by atoms with Gasteiger partial charge in [0.1, 0.15) is 0 Å². The van der Waals surface area contributed by atoms with Crippen LogP contribution in [0.25, 0.3) is 0 Å². The van der Waals surface area contributed by atoms with E-state index in [2.05, 4.69) is 5.32 Å². The van der Waals surface area contributed by atoms with Crippen LogP contribution in [0.1, 0.15) is 10.4 Å². The lowest BCUT2D eigenvalue weighted by Gasteiger charge is -2.14. The summed E-state index contributed by atoms with van der Waals surface area (Å²) in [4.78, 5) is 23.5. The second-order valence-corrected chi connectivity index (χ2v) is 6.48. The summed E-state index contributed by atoms with van der Waals surface area (Å²) in [5, 5.41) is 11.4. The Hall–Kier alpha value is -2.09. The number of sulfone groups is 1. The minimum absolute atomic E-state index is 0.0444. The van der Waals surface area contributed by atoms with Gasteiger partial charge in [0.25, 0.3) is 0 Å². The van der Waals surface area contributed by atoms with E-state index in [-0.39, 0.29) is 28.8 Å². The summed E-state index contributed by atoms with van der Waals surface area (Å²) in [5.74, 6) is -1.41. The Morgan fingerprint density at radius 1 is 1.40 bits per heavy atom. The van der Waals surface area contributed by atoms with Crippen molar-refractivity contribution in [1.29, 1.82) is 0 Å². The standard InChI is InChI=1S/C12H14N2O5S/c15-11(16)9-2-1-3-10(8-9)20(18,19)7-6-14-5-4-13-12(14)17/h1-3,8H,4-7H2,(H,13,17)(H,15,16). The Balaban J connectivity index is 2.12. The van der Waals surface area contributed by atoms with Crippen LogP contribution in [0, 0.1) is 0 Å². The number of benzene rings is 1. The first-order chi connectivity index (χ1) is 9.40. The normalized spacial score (nSPS) is 15.2. The molecular formula is C12H14N2O5S. The molecule has 1 fully saturated rings. The fraction of sp³-hybridized carbons (Fsp3) is 0.333. The van der Waals surface area contributed by atoms with E-state index < -0.39 is 15.8 Å². The number of rotatable bonds is 5. The molecule has 0 atom stereocenters. The molecule has 2 N–H and O–H groups in total. The van der Waals surface area contributed by atoms with E-state index in [1.54, 1.807) is 0 Å². The van der Waals surface area contributed by atoms with E-state index in [9.17, 15) is 18.0 Å². The summed E-state index contributed by atoms with van der Waals surface area (Å²) < 4.78 is 24.2. The summed E-state index contributed by atoms with van der Waals surface area (Å²) in [6.45, 7) is 1.07. The van der Waals surface area contributed by atoms with Gasteiger partial charge in [0.2, 0.25) is 0 Å². The zero-order valence-electron chi connectivity index (χ0n) is 10.6. The highest BCUT2D eigenvalue weighted by atomic mass is 32.2. The summed E-state index contributed by atoms with van der Waals surface area (Å²) in [6.07, 6.45) is 0. The molecule has 0 bridgehead atoms. The molecular weight excluding hydrogens is 284 g/mol. The zero-order valence-corrected chi connectivity index (χ0v) is 11.4. The van der Waals surface area contributed by atoms with Crippen LogP contribution in [-0.2, 0) is 9.84 Å². The van der Waals surface area contributed by atoms with Gasteiger partial charge in [-0.2, -0.15) is 0 Å². The first kappa shape index (κ1) is 14.3. The number of nitrogens with zero attached hydrogens (tertiary/aromatic N) is 1. The lowest BCUT2D eigenvalue weighted by atomic mass is 10.2. The number of nitrogens with one attached hydrogen (secondary N) is 1. The molecule has 2 rings (SSSR count). The minimum Gasteiger partial charge on any atom is -0.478 e. The lowest BCUT2D eigenvalue weighted by molar-refractivity contribution is 0.0696. The molecule has 2 amide bonds. The van der Waals surface area contributed by atoms with E-state index in [0.717, 1.165) is 6.07 Å². The Bertz CT molecular complexity index is 641. The molecule has 1 heterocycles. The number of carbonyl (C=O) groups is 2. The zero-order chi connectivity index (χ0) is 14.8. The van der Waals surface area contributed by atoms with Crippen LogP contribution in [0.5, 0.6) is 0 Å². The van der Waals surface area contributed by atoms with Crippen molar-refractivity contribution in [2.75, 3.05) is 25.4 Å². The molecule has 1 aromatic rings. The molecule has 0 aromatic heterocycles. The number of carboxylic acids is 1. The van der Waals surface area contributed by atoms with Gasteiger partial charge in [0, 0.05) is 19.6 Å². The van der Waals surface area contributed by atoms with Gasteiger partial charge < -0.3 is 15.3 Å². The van der Waals surface area contributed by atoms with Crippen molar-refractivity contribution < 1.29 is 23.1 Å². The van der Waals surface area contributed by atoms with Crippen molar-refractivity contribution in [2.45, 2.75) is 4.90 Å². The highest BCUT2D eigenvalue weighted by Crippen LogP contribution is 2.14. The van der Waals surface area contributed by atoms with Crippen LogP contribution < -0.4 is 5.32 Å². The fourth-order valence-electron chi connectivity index (χ4n) is 1.90. The Morgan fingerprint density at radius 3 is 2.75 bits per heavy atom. The maximum Gasteiger partial charge on any atom is 0.335 e. The molecule has 1 aliphatic heterocycles. The fourth-order valence-corrected chi connectivity index (χ4v) is 3.18. The van der Waals surface area contributed by atoms with Crippen LogP contribution in [0.3, 0.4) is 0 Å². The average molecular weight is 298 g/mol. The van der Waals surface area contributed by atoms with Crippen molar-refractivity contribution in [2.24, 2.45) is 0 Å². The third-order valence-electron chi connectivity index (χ3n) is 3.02. The number of aromatic carboxylic acids is 1. The molecule has 1 aromatic carbocycles. The third-order valence-corrected chi connectivity index (χ3v) is 4.71. The quantitative estimate of drug-likeness (QED) is 0.807. The molecule has 0 radical (unpaired) electrons. The molecule has 1 saturated heterocycles. The van der Waals surface area contributed by atoms with Crippen LogP contribution in [-0.4, -0.2) is 55.8 Å². The smallest absolute Gasteiger partial charge is 0.335 e. The summed E-state index contributed by atoms with van der Waals surface area (Å²) >= 11 is 0. The maximum atomic E-state index is 12.1. The summed E-state index contributed by atoms with van der Waals surface area (Å²) in [5.41, 5.74) is -0.0787. The average Bonchev–Trinajstić information content (AvgIpc) is 2.82. The Morgan fingerprint density at radius 2 is 2.15 bits per heavy atom. The minimum atomic E-state index is -3.61. The van der Waals surface area contributed by atoms with Gasteiger partial charge in [-0.1, -0.05) is 6.07 Å². The van der Waals surface area contributed by atoms with Gasteiger partial charge in [-0.15, -0.1) is 0 Å². The van der Waals surface area contributed by atoms with Gasteiger partial charge >= 0.3 is 12.0 Å². The Kier molecular flexibility index (Phi) is 3.93. The molecule has 0 saturated carbocycles. The molecule has 0 unspecified atom stereocenters. The number of carbonyl (C=O) groups excluding carboxylic acids is 1. The van der Waals surface area contributed by atoms with Crippen LogP contribution >= 0.6 is 0 Å². The van der Waals surface area contributed by atoms with Gasteiger partial charge in [0.15, 0.2) is 9.84 Å². The number of hydrogen-bond acceptors (Lipinski definition) is 4. The molecule has 108 valence electrons. The summed E-state index contributed by atoms with van der Waals surface area (Å²) in [7, 11) is -3.61. The van der Waals surface area contributed by atoms with E-state index >= 15 is 0 Å². The van der Waals surface area contributed by atoms with Gasteiger partial charge in [-0.25, -0.2) is 18.0 Å². The molecule has 7 nitrogen and oxygen atoms in total. The Labute approximate surface area is 116 Å². The van der Waals surface area contributed by atoms with Crippen molar-refractivity contribution in [3.05, 3.63) is 29.8 Å². The van der Waals surface area contributed by atoms with Gasteiger partial charge in [0.05, 0.1) is 16.2 Å². The number of urea groups is 1. The highest BCUT2D eigenvalue weighted by Gasteiger charge is 2.23. The second kappa shape index (κ2) is 5.49. The predicted molar refractivity (Wildman–Crippen MR) is 70.4 cm³/mol. The molecule has 8 heteroatoms. The van der Waals surface area contributed by atoms with E-state index in [1.807, 2.05) is 0 Å². The number of amides is 2. The largest absolute Gasteiger partial charge is 0.478 e. The van der Waals surface area contributed by atoms with Crippen molar-refractivity contribution >= 4 is 21.8 Å². The lowest BCUT2D eigenvalue weighted by Crippen LogP contribution is -2.32. The number of hydrogen-bond donors (Lipinski definition) is 2. The molecule has 1 aliphatic rings. The second-order valence-electron chi connectivity index (χ2n) is 4.37. The van der Waals surface area contributed by atoms with E-state index in [4.69, 9.17) is 5.11 Å². The molecule has 0 aliphatic carbocycles. The highest BCUT2D eigenvalue weighted by molar-refractivity contribution is 7.91. The SMILES string of the molecule is O=C(O)c1cccc(S(=O)(=O)CCN2CCNC2=O)c1. The van der Waals surface area contributed by atoms with E-state index in [1.165, 1.54) is 23.1 Å². The van der Waals surface area contributed by atoms with E-state index in [0.29, 0.717) is 13.1 Å². The molecule has 0 spiro atoms. The predicted octanol–water partition coefficient (Wildman–Crippen LogP) is 0.184. The van der Waals surface area contributed by atoms with Gasteiger partial charge in [-0.3, -0.25) is 0 Å². The van der Waals surface area contributed by atoms with Crippen molar-refractivity contribution in [3.63, 3.8) is 0 Å². The third kappa shape index (κ3) is 3.08. The number of carboxylic acid groups (broad SMARTS) is 1. The van der Waals surface area contributed by atoms with Crippen LogP contribution in [0.2, 0.25) is 0 Å². The first-order valence-corrected chi connectivity index (χ1v) is 7.64. The maximum absolute atomic E-state index is 12.1. The van der Waals surface area contributed by atoms with Crippen molar-refractivity contribution in [3.8, 4) is 0 Å². The van der Waals surface area contributed by atoms with Gasteiger partial charge in [-0.05, 0) is 18.2 Å².